The summed E-state index contributed by atoms with van der Waals surface area (Å²) in [6.45, 7) is 3.54. The maximum absolute atomic E-state index is 13.3. The van der Waals surface area contributed by atoms with Gasteiger partial charge < -0.3 is 50.5 Å². The molecule has 11 heteroatoms. The van der Waals surface area contributed by atoms with Crippen LogP contribution >= 0.6 is 0 Å². The molecule has 0 saturated carbocycles. The topological polar surface area (TPSA) is 189 Å². The summed E-state index contributed by atoms with van der Waals surface area (Å²) in [5, 5.41) is 76.8. The smallest absolute Gasteiger partial charge is 0.249 e. The van der Waals surface area contributed by atoms with Crippen molar-refractivity contribution in [3.8, 4) is 0 Å². The molecule has 0 aromatic carbocycles. The first kappa shape index (κ1) is 87.9. The van der Waals surface area contributed by atoms with Gasteiger partial charge in [-0.25, -0.2) is 0 Å². The quantitative estimate of drug-likeness (QED) is 0.0215. The molecule has 0 aromatic rings. The van der Waals surface area contributed by atoms with Crippen LogP contribution in [0.3, 0.4) is 0 Å². The highest BCUT2D eigenvalue weighted by atomic mass is 16.7. The molecular weight excluding hydrogens is 1130 g/mol. The van der Waals surface area contributed by atoms with Gasteiger partial charge in [-0.05, 0) is 38.5 Å². The van der Waals surface area contributed by atoms with Crippen molar-refractivity contribution in [1.82, 2.24) is 5.32 Å². The third kappa shape index (κ3) is 55.5. The van der Waals surface area contributed by atoms with E-state index < -0.39 is 74.2 Å². The number of amides is 1. The van der Waals surface area contributed by atoms with Crippen LogP contribution in [0.2, 0.25) is 0 Å². The number of hydrogen-bond acceptors (Lipinski definition) is 10. The van der Waals surface area contributed by atoms with Crippen molar-refractivity contribution in [2.75, 3.05) is 13.2 Å². The summed E-state index contributed by atoms with van der Waals surface area (Å²) in [5.74, 6) is -0.687. The molecule has 0 spiro atoms. The molecule has 9 atom stereocenters. The van der Waals surface area contributed by atoms with Gasteiger partial charge in [0.15, 0.2) is 6.29 Å². The Morgan fingerprint density at radius 2 is 0.637 bits per heavy atom. The molecule has 0 aromatic heterocycles. The van der Waals surface area contributed by atoms with Gasteiger partial charge in [-0.1, -0.05) is 398 Å². The van der Waals surface area contributed by atoms with Gasteiger partial charge in [-0.15, -0.1) is 0 Å². The number of rotatable bonds is 73. The SMILES string of the molecule is CCCCCCCCCCCCCCCCCC/C=C\CCCCCCCCCCCCCCCCCCC(O)C(=O)NC(COC1OC(CO)C(O)C(O)C1O)C(O)C(O)CCCCCCCCCCCCCCCCCCCCCCCCCCCCCC. The molecule has 1 amide bonds. The molecule has 0 bridgehead atoms. The molecule has 1 fully saturated rings. The average molecular weight is 1290 g/mol. The second-order valence-corrected chi connectivity index (χ2v) is 28.9. The molecule has 1 aliphatic heterocycles. The molecule has 11 nitrogen and oxygen atoms in total. The Bertz CT molecular complexity index is 1490. The number of nitrogens with one attached hydrogen (secondary N) is 1. The number of aliphatic hydroxyl groups excluding tert-OH is 7. The van der Waals surface area contributed by atoms with E-state index in [0.29, 0.717) is 19.3 Å². The van der Waals surface area contributed by atoms with Gasteiger partial charge >= 0.3 is 0 Å². The van der Waals surface area contributed by atoms with Crippen LogP contribution in [-0.4, -0.2) is 110 Å². The minimum Gasteiger partial charge on any atom is -0.394 e. The first-order valence-corrected chi connectivity index (χ1v) is 40.6. The lowest BCUT2D eigenvalue weighted by Crippen LogP contribution is -2.60. The van der Waals surface area contributed by atoms with E-state index in [9.17, 15) is 40.5 Å². The summed E-state index contributed by atoms with van der Waals surface area (Å²) in [5.41, 5.74) is 0. The summed E-state index contributed by atoms with van der Waals surface area (Å²) >= 11 is 0. The molecule has 0 radical (unpaired) electrons. The van der Waals surface area contributed by atoms with Crippen LogP contribution in [0.15, 0.2) is 12.2 Å². The van der Waals surface area contributed by atoms with E-state index in [2.05, 4.69) is 31.3 Å². The minimum absolute atomic E-state index is 0.265. The van der Waals surface area contributed by atoms with E-state index >= 15 is 0 Å². The minimum atomic E-state index is -1.66. The van der Waals surface area contributed by atoms with Crippen molar-refractivity contribution in [2.45, 2.75) is 480 Å². The third-order valence-corrected chi connectivity index (χ3v) is 20.1. The second-order valence-electron chi connectivity index (χ2n) is 28.9. The van der Waals surface area contributed by atoms with Gasteiger partial charge in [-0.3, -0.25) is 4.79 Å². The summed E-state index contributed by atoms with van der Waals surface area (Å²) in [6, 6.07) is -1.17. The van der Waals surface area contributed by atoms with Gasteiger partial charge in [0.25, 0.3) is 0 Å². The third-order valence-electron chi connectivity index (χ3n) is 20.1. The van der Waals surface area contributed by atoms with Crippen LogP contribution in [0.5, 0.6) is 0 Å². The number of allylic oxidation sites excluding steroid dienone is 2. The molecule has 8 N–H and O–H groups in total. The molecule has 1 heterocycles. The first-order chi connectivity index (χ1) is 44.7. The second kappa shape index (κ2) is 68.8. The predicted octanol–water partition coefficient (Wildman–Crippen LogP) is 20.9. The first-order valence-electron chi connectivity index (χ1n) is 40.6. The summed E-state index contributed by atoms with van der Waals surface area (Å²) in [7, 11) is 0. The molecule has 542 valence electrons. The van der Waals surface area contributed by atoms with Gasteiger partial charge in [0.05, 0.1) is 25.4 Å². The molecule has 1 rings (SSSR count). The van der Waals surface area contributed by atoms with Gasteiger partial charge in [-0.2, -0.15) is 0 Å². The van der Waals surface area contributed by atoms with Crippen molar-refractivity contribution in [3.05, 3.63) is 12.2 Å². The number of aliphatic hydroxyl groups is 7. The van der Waals surface area contributed by atoms with Crippen molar-refractivity contribution >= 4 is 5.91 Å². The zero-order valence-corrected chi connectivity index (χ0v) is 60.4. The molecule has 1 aliphatic rings. The molecule has 91 heavy (non-hydrogen) atoms. The zero-order chi connectivity index (χ0) is 66.0. The van der Waals surface area contributed by atoms with E-state index in [4.69, 9.17) is 9.47 Å². The van der Waals surface area contributed by atoms with Crippen LogP contribution in [0.25, 0.3) is 0 Å². The number of carbonyl (C=O) groups is 1. The van der Waals surface area contributed by atoms with Crippen molar-refractivity contribution in [1.29, 1.82) is 0 Å². The standard InChI is InChI=1S/C80H157NO10/c1-3-5-7-9-11-13-15-17-19-21-23-25-27-29-31-33-34-35-36-37-38-39-40-42-44-46-48-50-52-54-56-58-60-62-64-66-68-73(84)79(89)81-71(70-90-80-78(88)77(87)76(86)74(69-82)91-80)75(85)72(83)67-65-63-61-59-57-55-53-51-49-47-45-43-41-32-30-28-26-24-22-20-18-16-14-12-10-8-6-4-2/h35-36,71-78,80,82-88H,3-34,37-70H2,1-2H3,(H,81,89)/b36-35-. The fourth-order valence-corrected chi connectivity index (χ4v) is 13.6. The van der Waals surface area contributed by atoms with Crippen LogP contribution in [0.4, 0.5) is 0 Å². The van der Waals surface area contributed by atoms with Crippen LogP contribution in [0, 0.1) is 0 Å². The zero-order valence-electron chi connectivity index (χ0n) is 60.4. The molecular formula is C80H157NO10. The van der Waals surface area contributed by atoms with E-state index in [0.717, 1.165) is 38.5 Å². The van der Waals surface area contributed by atoms with Gasteiger partial charge in [0.2, 0.25) is 5.91 Å². The van der Waals surface area contributed by atoms with E-state index in [1.807, 2.05) is 0 Å². The normalized spacial score (nSPS) is 18.4. The average Bonchev–Trinajstić information content (AvgIpc) is 1.05. The van der Waals surface area contributed by atoms with Crippen LogP contribution in [-0.2, 0) is 14.3 Å². The highest BCUT2D eigenvalue weighted by molar-refractivity contribution is 5.80. The molecule has 0 aliphatic carbocycles. The lowest BCUT2D eigenvalue weighted by atomic mass is 9.98. The molecule has 9 unspecified atom stereocenters. The monoisotopic (exact) mass is 1290 g/mol. The largest absolute Gasteiger partial charge is 0.394 e. The van der Waals surface area contributed by atoms with Gasteiger partial charge in [0, 0.05) is 0 Å². The molecule has 1 saturated heterocycles. The number of hydrogen-bond donors (Lipinski definition) is 8. The van der Waals surface area contributed by atoms with Crippen molar-refractivity contribution in [2.24, 2.45) is 0 Å². The van der Waals surface area contributed by atoms with Crippen LogP contribution < -0.4 is 5.32 Å². The number of ether oxygens (including phenoxy) is 2. The summed E-state index contributed by atoms with van der Waals surface area (Å²) < 4.78 is 11.2. The Hall–Kier alpha value is -1.15. The van der Waals surface area contributed by atoms with E-state index in [1.54, 1.807) is 0 Å². The lowest BCUT2D eigenvalue weighted by molar-refractivity contribution is -0.303. The Morgan fingerprint density at radius 3 is 0.923 bits per heavy atom. The number of carbonyl (C=O) groups excluding carboxylic acids is 1. The fourth-order valence-electron chi connectivity index (χ4n) is 13.6. The Labute approximate surface area is 563 Å². The van der Waals surface area contributed by atoms with Crippen molar-refractivity contribution < 1.29 is 50.0 Å². The summed E-state index contributed by atoms with van der Waals surface area (Å²) in [6.07, 6.45) is 76.2. The van der Waals surface area contributed by atoms with Crippen molar-refractivity contribution in [3.63, 3.8) is 0 Å². The maximum Gasteiger partial charge on any atom is 0.249 e. The Morgan fingerprint density at radius 1 is 0.374 bits per heavy atom. The van der Waals surface area contributed by atoms with E-state index in [-0.39, 0.29) is 6.42 Å². The Balaban J connectivity index is 2.11. The highest BCUT2D eigenvalue weighted by Crippen LogP contribution is 2.25. The van der Waals surface area contributed by atoms with Crippen LogP contribution in [0.1, 0.15) is 425 Å². The van der Waals surface area contributed by atoms with E-state index in [1.165, 1.54) is 347 Å². The predicted molar refractivity (Wildman–Crippen MR) is 386 cm³/mol. The fraction of sp³-hybridized carbons (Fsp3) is 0.963. The highest BCUT2D eigenvalue weighted by Gasteiger charge is 2.44. The summed E-state index contributed by atoms with van der Waals surface area (Å²) in [4.78, 5) is 13.3. The maximum atomic E-state index is 13.3. The van der Waals surface area contributed by atoms with Gasteiger partial charge in [0.1, 0.15) is 36.6 Å². The Kier molecular flexibility index (Phi) is 66.4. The lowest BCUT2D eigenvalue weighted by Gasteiger charge is -2.40. The number of unbranched alkanes of at least 4 members (excludes halogenated alkanes) is 59.